The number of rotatable bonds is 4. The molecule has 0 unspecified atom stereocenters. The second-order valence-electron chi connectivity index (χ2n) is 2.51. The average molecular weight is 207 g/mol. The SMILES string of the molecule is COC(=O)c1[nH]ncc1C=CCN=[N+]=[N-]. The zero-order valence-corrected chi connectivity index (χ0v) is 8.04. The van der Waals surface area contributed by atoms with Gasteiger partial charge in [0.15, 0.2) is 5.69 Å². The summed E-state index contributed by atoms with van der Waals surface area (Å²) in [6.45, 7) is 0.224. The van der Waals surface area contributed by atoms with E-state index in [1.165, 1.54) is 13.3 Å². The summed E-state index contributed by atoms with van der Waals surface area (Å²) in [5, 5.41) is 9.54. The lowest BCUT2D eigenvalue weighted by Crippen LogP contribution is -2.03. The van der Waals surface area contributed by atoms with E-state index < -0.39 is 5.97 Å². The van der Waals surface area contributed by atoms with Gasteiger partial charge in [0.1, 0.15) is 0 Å². The van der Waals surface area contributed by atoms with Crippen LogP contribution in [0.5, 0.6) is 0 Å². The molecular formula is C8H9N5O2. The first-order valence-corrected chi connectivity index (χ1v) is 4.08. The highest BCUT2D eigenvalue weighted by atomic mass is 16.5. The second kappa shape index (κ2) is 5.46. The number of ether oxygens (including phenoxy) is 1. The highest BCUT2D eigenvalue weighted by Crippen LogP contribution is 2.07. The van der Waals surface area contributed by atoms with Gasteiger partial charge in [0, 0.05) is 17.0 Å². The Hall–Kier alpha value is -2.27. The Kier molecular flexibility index (Phi) is 3.93. The van der Waals surface area contributed by atoms with Gasteiger partial charge >= 0.3 is 5.97 Å². The maximum Gasteiger partial charge on any atom is 0.356 e. The molecule has 0 amide bonds. The molecule has 7 heteroatoms. The monoisotopic (exact) mass is 207 g/mol. The van der Waals surface area contributed by atoms with E-state index >= 15 is 0 Å². The summed E-state index contributed by atoms with van der Waals surface area (Å²) in [5.74, 6) is -0.490. The number of azide groups is 1. The van der Waals surface area contributed by atoms with Gasteiger partial charge in [0.05, 0.1) is 13.3 Å². The normalized spacial score (nSPS) is 9.93. The quantitative estimate of drug-likeness (QED) is 0.350. The Morgan fingerprint density at radius 1 is 1.87 bits per heavy atom. The number of aromatic amines is 1. The molecule has 1 N–H and O–H groups in total. The summed E-state index contributed by atoms with van der Waals surface area (Å²) >= 11 is 0. The maximum atomic E-state index is 11.2. The average Bonchev–Trinajstić information content (AvgIpc) is 2.71. The number of carbonyl (C=O) groups excluding carboxylic acids is 1. The van der Waals surface area contributed by atoms with Gasteiger partial charge in [-0.25, -0.2) is 4.79 Å². The molecule has 0 bridgehead atoms. The number of H-pyrrole nitrogens is 1. The van der Waals surface area contributed by atoms with Gasteiger partial charge in [-0.05, 0) is 5.53 Å². The summed E-state index contributed by atoms with van der Waals surface area (Å²) in [7, 11) is 1.29. The zero-order chi connectivity index (χ0) is 11.1. The van der Waals surface area contributed by atoms with Crippen LogP contribution in [0.4, 0.5) is 0 Å². The molecule has 1 rings (SSSR count). The largest absolute Gasteiger partial charge is 0.464 e. The molecule has 15 heavy (non-hydrogen) atoms. The van der Waals surface area contributed by atoms with Gasteiger partial charge in [-0.3, -0.25) is 5.10 Å². The first-order valence-electron chi connectivity index (χ1n) is 4.08. The minimum Gasteiger partial charge on any atom is -0.464 e. The molecule has 0 fully saturated rings. The van der Waals surface area contributed by atoms with Gasteiger partial charge in [0.2, 0.25) is 0 Å². The van der Waals surface area contributed by atoms with Crippen molar-refractivity contribution in [1.29, 1.82) is 0 Å². The summed E-state index contributed by atoms with van der Waals surface area (Å²) in [4.78, 5) is 13.8. The van der Waals surface area contributed by atoms with E-state index in [4.69, 9.17) is 5.53 Å². The van der Waals surface area contributed by atoms with E-state index in [0.29, 0.717) is 5.56 Å². The van der Waals surface area contributed by atoms with Crippen molar-refractivity contribution >= 4 is 12.0 Å². The van der Waals surface area contributed by atoms with Crippen LogP contribution in [0, 0.1) is 0 Å². The van der Waals surface area contributed by atoms with E-state index in [-0.39, 0.29) is 12.2 Å². The lowest BCUT2D eigenvalue weighted by atomic mass is 10.2. The fourth-order valence-electron chi connectivity index (χ4n) is 0.951. The predicted octanol–water partition coefficient (Wildman–Crippen LogP) is 1.52. The number of esters is 1. The predicted molar refractivity (Wildman–Crippen MR) is 53.0 cm³/mol. The molecule has 1 heterocycles. The van der Waals surface area contributed by atoms with Crippen LogP contribution in [0.25, 0.3) is 16.5 Å². The van der Waals surface area contributed by atoms with Crippen molar-refractivity contribution in [2.24, 2.45) is 5.11 Å². The lowest BCUT2D eigenvalue weighted by molar-refractivity contribution is 0.0594. The number of aromatic nitrogens is 2. The van der Waals surface area contributed by atoms with Gasteiger partial charge < -0.3 is 4.74 Å². The van der Waals surface area contributed by atoms with Gasteiger partial charge in [0.25, 0.3) is 0 Å². The van der Waals surface area contributed by atoms with Crippen molar-refractivity contribution in [3.05, 3.63) is 34.0 Å². The van der Waals surface area contributed by atoms with Crippen LogP contribution in [0.2, 0.25) is 0 Å². The third-order valence-corrected chi connectivity index (χ3v) is 1.61. The summed E-state index contributed by atoms with van der Waals surface area (Å²) in [5.41, 5.74) is 8.90. The molecule has 7 nitrogen and oxygen atoms in total. The maximum absolute atomic E-state index is 11.2. The van der Waals surface area contributed by atoms with Crippen LogP contribution in [0.3, 0.4) is 0 Å². The molecule has 0 radical (unpaired) electrons. The van der Waals surface area contributed by atoms with Gasteiger partial charge in [-0.2, -0.15) is 5.10 Å². The topological polar surface area (TPSA) is 104 Å². The zero-order valence-electron chi connectivity index (χ0n) is 8.04. The summed E-state index contributed by atoms with van der Waals surface area (Å²) in [6, 6.07) is 0. The molecule has 1 aromatic heterocycles. The van der Waals surface area contributed by atoms with E-state index in [1.54, 1.807) is 12.2 Å². The van der Waals surface area contributed by atoms with E-state index in [2.05, 4.69) is 25.0 Å². The van der Waals surface area contributed by atoms with Crippen LogP contribution in [-0.4, -0.2) is 29.8 Å². The molecule has 0 aliphatic rings. The van der Waals surface area contributed by atoms with Crippen molar-refractivity contribution in [3.8, 4) is 0 Å². The highest BCUT2D eigenvalue weighted by Gasteiger charge is 2.11. The molecule has 0 saturated heterocycles. The Labute approximate surface area is 85.4 Å². The minimum atomic E-state index is -0.490. The first kappa shape index (κ1) is 10.8. The van der Waals surface area contributed by atoms with Crippen molar-refractivity contribution in [1.82, 2.24) is 10.2 Å². The Balaban J connectivity index is 2.77. The van der Waals surface area contributed by atoms with Crippen LogP contribution in [0.1, 0.15) is 16.1 Å². The Morgan fingerprint density at radius 2 is 2.67 bits per heavy atom. The number of nitrogens with zero attached hydrogens (tertiary/aromatic N) is 4. The van der Waals surface area contributed by atoms with Gasteiger partial charge in [-0.15, -0.1) is 0 Å². The molecule has 0 aliphatic heterocycles. The van der Waals surface area contributed by atoms with Crippen molar-refractivity contribution < 1.29 is 9.53 Å². The molecule has 0 aromatic carbocycles. The molecule has 1 aromatic rings. The number of methoxy groups -OCH3 is 1. The number of hydrogen-bond donors (Lipinski definition) is 1. The van der Waals surface area contributed by atoms with Crippen molar-refractivity contribution in [2.75, 3.05) is 13.7 Å². The van der Waals surface area contributed by atoms with E-state index in [0.717, 1.165) is 0 Å². The highest BCUT2D eigenvalue weighted by molar-refractivity contribution is 5.91. The van der Waals surface area contributed by atoms with Crippen LogP contribution < -0.4 is 0 Å². The number of carbonyl (C=O) groups is 1. The second-order valence-corrected chi connectivity index (χ2v) is 2.51. The van der Waals surface area contributed by atoms with Crippen molar-refractivity contribution in [3.63, 3.8) is 0 Å². The van der Waals surface area contributed by atoms with E-state index in [9.17, 15) is 4.79 Å². The van der Waals surface area contributed by atoms with Crippen molar-refractivity contribution in [2.45, 2.75) is 0 Å². The third-order valence-electron chi connectivity index (χ3n) is 1.61. The van der Waals surface area contributed by atoms with Crippen LogP contribution in [0.15, 0.2) is 17.4 Å². The summed E-state index contributed by atoms with van der Waals surface area (Å²) < 4.78 is 4.54. The van der Waals surface area contributed by atoms with Crippen LogP contribution >= 0.6 is 0 Å². The number of nitrogens with one attached hydrogen (secondary N) is 1. The minimum absolute atomic E-state index is 0.224. The third kappa shape index (κ3) is 2.85. The molecule has 0 saturated carbocycles. The smallest absolute Gasteiger partial charge is 0.356 e. The molecule has 78 valence electrons. The molecule has 0 aliphatic carbocycles. The van der Waals surface area contributed by atoms with Crippen LogP contribution in [-0.2, 0) is 4.74 Å². The molecule has 0 spiro atoms. The first-order chi connectivity index (χ1) is 7.29. The van der Waals surface area contributed by atoms with E-state index in [1.807, 2.05) is 0 Å². The Bertz CT molecular complexity index is 416. The van der Waals surface area contributed by atoms with Gasteiger partial charge in [-0.1, -0.05) is 17.3 Å². The fraction of sp³-hybridized carbons (Fsp3) is 0.250. The Morgan fingerprint density at radius 3 is 3.33 bits per heavy atom. The molecular weight excluding hydrogens is 198 g/mol. The lowest BCUT2D eigenvalue weighted by Gasteiger charge is -1.95. The molecule has 0 atom stereocenters. The standard InChI is InChI=1S/C8H9N5O2/c1-15-8(14)7-6(5-11-12-7)3-2-4-10-13-9/h2-3,5H,4H2,1H3,(H,11,12). The fourth-order valence-corrected chi connectivity index (χ4v) is 0.951. The summed E-state index contributed by atoms with van der Waals surface area (Å²) in [6.07, 6.45) is 4.74. The number of hydrogen-bond acceptors (Lipinski definition) is 4.